The van der Waals surface area contributed by atoms with Crippen molar-refractivity contribution in [3.05, 3.63) is 33.9 Å². The van der Waals surface area contributed by atoms with E-state index in [9.17, 15) is 23.3 Å². The number of rotatable bonds is 4. The Morgan fingerprint density at radius 1 is 1.41 bits per heavy atom. The first kappa shape index (κ1) is 13.3. The molecule has 0 unspecified atom stereocenters. The van der Waals surface area contributed by atoms with Crippen LogP contribution >= 0.6 is 0 Å². The lowest BCUT2D eigenvalue weighted by Gasteiger charge is -2.11. The van der Waals surface area contributed by atoms with Gasteiger partial charge in [0.15, 0.2) is 0 Å². The summed E-state index contributed by atoms with van der Waals surface area (Å²) in [5.41, 5.74) is 0.468. The highest BCUT2D eigenvalue weighted by atomic mass is 19.4. The van der Waals surface area contributed by atoms with Gasteiger partial charge >= 0.3 is 6.18 Å². The standard InChI is InChI=1S/C10H11F3N2O2/c1-7-3-2-4-8(15(16)17)9(7)14-6-5-10(11,12)13/h2-4,14H,5-6H2,1H3. The van der Waals surface area contributed by atoms with Gasteiger partial charge in [0.2, 0.25) is 0 Å². The number of nitro benzene ring substituents is 1. The predicted molar refractivity (Wildman–Crippen MR) is 57.0 cm³/mol. The zero-order valence-corrected chi connectivity index (χ0v) is 9.04. The van der Waals surface area contributed by atoms with Crippen LogP contribution in [0.3, 0.4) is 0 Å². The molecule has 0 aromatic heterocycles. The fourth-order valence-corrected chi connectivity index (χ4v) is 1.36. The summed E-state index contributed by atoms with van der Waals surface area (Å²) in [6.07, 6.45) is -5.30. The number of aryl methyl sites for hydroxylation is 1. The molecule has 0 saturated carbocycles. The van der Waals surface area contributed by atoms with E-state index in [0.29, 0.717) is 5.56 Å². The Morgan fingerprint density at radius 3 is 2.59 bits per heavy atom. The maximum absolute atomic E-state index is 11.9. The Morgan fingerprint density at radius 2 is 2.06 bits per heavy atom. The summed E-state index contributed by atoms with van der Waals surface area (Å²) in [4.78, 5) is 10.1. The number of benzene rings is 1. The van der Waals surface area contributed by atoms with Crippen molar-refractivity contribution in [1.82, 2.24) is 0 Å². The molecule has 17 heavy (non-hydrogen) atoms. The van der Waals surface area contributed by atoms with E-state index in [0.717, 1.165) is 0 Å². The largest absolute Gasteiger partial charge is 0.390 e. The van der Waals surface area contributed by atoms with Crippen LogP contribution in [0.4, 0.5) is 24.5 Å². The minimum absolute atomic E-state index is 0.141. The number of hydrogen-bond donors (Lipinski definition) is 1. The zero-order valence-electron chi connectivity index (χ0n) is 9.04. The van der Waals surface area contributed by atoms with Gasteiger partial charge in [-0.15, -0.1) is 0 Å². The Labute approximate surface area is 95.6 Å². The van der Waals surface area contributed by atoms with Gasteiger partial charge in [0.05, 0.1) is 11.3 Å². The van der Waals surface area contributed by atoms with Crippen molar-refractivity contribution in [1.29, 1.82) is 0 Å². The number of alkyl halides is 3. The Hall–Kier alpha value is -1.79. The van der Waals surface area contributed by atoms with Gasteiger partial charge in [0.25, 0.3) is 5.69 Å². The van der Waals surface area contributed by atoms with Crippen molar-refractivity contribution in [2.24, 2.45) is 0 Å². The summed E-state index contributed by atoms with van der Waals surface area (Å²) < 4.78 is 35.8. The van der Waals surface area contributed by atoms with Gasteiger partial charge in [-0.25, -0.2) is 0 Å². The molecule has 0 radical (unpaired) electrons. The molecule has 0 amide bonds. The second kappa shape index (κ2) is 5.03. The van der Waals surface area contributed by atoms with E-state index >= 15 is 0 Å². The van der Waals surface area contributed by atoms with E-state index in [4.69, 9.17) is 0 Å². The second-order valence-corrected chi connectivity index (χ2v) is 3.52. The van der Waals surface area contributed by atoms with E-state index in [1.54, 1.807) is 13.0 Å². The summed E-state index contributed by atoms with van der Waals surface area (Å²) in [5.74, 6) is 0. The van der Waals surface area contributed by atoms with Crippen LogP contribution < -0.4 is 5.32 Å². The molecule has 7 heteroatoms. The SMILES string of the molecule is Cc1cccc([N+](=O)[O-])c1NCCC(F)(F)F. The lowest BCUT2D eigenvalue weighted by atomic mass is 10.1. The Bertz CT molecular complexity index is 419. The number of halogens is 3. The Balaban J connectivity index is 2.79. The monoisotopic (exact) mass is 248 g/mol. The third kappa shape index (κ3) is 3.93. The van der Waals surface area contributed by atoms with Crippen molar-refractivity contribution < 1.29 is 18.1 Å². The fraction of sp³-hybridized carbons (Fsp3) is 0.400. The molecule has 0 fully saturated rings. The number of nitrogens with zero attached hydrogens (tertiary/aromatic N) is 1. The van der Waals surface area contributed by atoms with Crippen LogP contribution in [-0.4, -0.2) is 17.6 Å². The Kier molecular flexibility index (Phi) is 3.93. The molecule has 1 aromatic carbocycles. The summed E-state index contributed by atoms with van der Waals surface area (Å²) in [6, 6.07) is 4.34. The molecule has 0 spiro atoms. The van der Waals surface area contributed by atoms with E-state index in [2.05, 4.69) is 5.32 Å². The highest BCUT2D eigenvalue weighted by Crippen LogP contribution is 2.28. The molecule has 4 nitrogen and oxygen atoms in total. The van der Waals surface area contributed by atoms with Crippen molar-refractivity contribution in [2.75, 3.05) is 11.9 Å². The van der Waals surface area contributed by atoms with Crippen LogP contribution in [0.25, 0.3) is 0 Å². The van der Waals surface area contributed by atoms with Gasteiger partial charge < -0.3 is 5.32 Å². The molecule has 0 aliphatic rings. The quantitative estimate of drug-likeness (QED) is 0.657. The predicted octanol–water partition coefficient (Wildman–Crippen LogP) is 3.27. The molecular formula is C10H11F3N2O2. The summed E-state index contributed by atoms with van der Waals surface area (Å²) in [6.45, 7) is 1.22. The maximum Gasteiger partial charge on any atom is 0.390 e. The first-order chi connectivity index (χ1) is 7.81. The summed E-state index contributed by atoms with van der Waals surface area (Å²) in [7, 11) is 0. The average molecular weight is 248 g/mol. The summed E-state index contributed by atoms with van der Waals surface area (Å²) >= 11 is 0. The third-order valence-corrected chi connectivity index (χ3v) is 2.16. The van der Waals surface area contributed by atoms with E-state index in [1.165, 1.54) is 12.1 Å². The normalized spacial score (nSPS) is 11.3. The van der Waals surface area contributed by atoms with Crippen LogP contribution in [0, 0.1) is 17.0 Å². The fourth-order valence-electron chi connectivity index (χ4n) is 1.36. The zero-order chi connectivity index (χ0) is 13.1. The highest BCUT2D eigenvalue weighted by molar-refractivity contribution is 5.65. The molecule has 0 saturated heterocycles. The van der Waals surface area contributed by atoms with Crippen LogP contribution in [0.2, 0.25) is 0 Å². The van der Waals surface area contributed by atoms with Gasteiger partial charge in [0, 0.05) is 12.6 Å². The molecule has 94 valence electrons. The van der Waals surface area contributed by atoms with Gasteiger partial charge in [-0.3, -0.25) is 10.1 Å². The molecule has 1 N–H and O–H groups in total. The highest BCUT2D eigenvalue weighted by Gasteiger charge is 2.26. The molecule has 0 atom stereocenters. The topological polar surface area (TPSA) is 55.2 Å². The minimum atomic E-state index is -4.27. The van der Waals surface area contributed by atoms with Crippen molar-refractivity contribution in [2.45, 2.75) is 19.5 Å². The molecular weight excluding hydrogens is 237 g/mol. The maximum atomic E-state index is 11.9. The first-order valence-electron chi connectivity index (χ1n) is 4.86. The van der Waals surface area contributed by atoms with Gasteiger partial charge in [-0.1, -0.05) is 12.1 Å². The van der Waals surface area contributed by atoms with E-state index in [-0.39, 0.29) is 17.9 Å². The van der Waals surface area contributed by atoms with Crippen molar-refractivity contribution in [3.63, 3.8) is 0 Å². The molecule has 0 heterocycles. The molecule has 0 aliphatic heterocycles. The second-order valence-electron chi connectivity index (χ2n) is 3.52. The lowest BCUT2D eigenvalue weighted by Crippen LogP contribution is -2.15. The van der Waals surface area contributed by atoms with Crippen LogP contribution in [-0.2, 0) is 0 Å². The van der Waals surface area contributed by atoms with Gasteiger partial charge in [-0.05, 0) is 12.5 Å². The average Bonchev–Trinajstić information content (AvgIpc) is 2.18. The van der Waals surface area contributed by atoms with E-state index < -0.39 is 17.5 Å². The van der Waals surface area contributed by atoms with Gasteiger partial charge in [-0.2, -0.15) is 13.2 Å². The number of anilines is 1. The first-order valence-corrected chi connectivity index (χ1v) is 4.86. The number of para-hydroxylation sites is 1. The molecule has 0 bridgehead atoms. The van der Waals surface area contributed by atoms with Crippen LogP contribution in [0.5, 0.6) is 0 Å². The molecule has 1 aromatic rings. The number of nitro groups is 1. The van der Waals surface area contributed by atoms with E-state index in [1.807, 2.05) is 0 Å². The molecule has 0 aliphatic carbocycles. The van der Waals surface area contributed by atoms with Crippen LogP contribution in [0.1, 0.15) is 12.0 Å². The third-order valence-electron chi connectivity index (χ3n) is 2.16. The summed E-state index contributed by atoms with van der Waals surface area (Å²) in [5, 5.41) is 13.1. The van der Waals surface area contributed by atoms with Crippen molar-refractivity contribution in [3.8, 4) is 0 Å². The minimum Gasteiger partial charge on any atom is -0.379 e. The van der Waals surface area contributed by atoms with Crippen molar-refractivity contribution >= 4 is 11.4 Å². The lowest BCUT2D eigenvalue weighted by molar-refractivity contribution is -0.384. The number of nitrogens with one attached hydrogen (secondary N) is 1. The van der Waals surface area contributed by atoms with Crippen LogP contribution in [0.15, 0.2) is 18.2 Å². The number of hydrogen-bond acceptors (Lipinski definition) is 3. The van der Waals surface area contributed by atoms with Gasteiger partial charge in [0.1, 0.15) is 5.69 Å². The smallest absolute Gasteiger partial charge is 0.379 e. The molecule has 1 rings (SSSR count).